The van der Waals surface area contributed by atoms with Crippen LogP contribution in [0, 0.1) is 23.7 Å². The van der Waals surface area contributed by atoms with E-state index in [1.54, 1.807) is 43.6 Å². The smallest absolute Gasteiger partial charge is 0.416 e. The zero-order valence-electron chi connectivity index (χ0n) is 22.3. The number of benzene rings is 2. The third-order valence-electron chi connectivity index (χ3n) is 7.54. The monoisotopic (exact) mass is 556 g/mol. The van der Waals surface area contributed by atoms with Crippen molar-refractivity contribution in [3.05, 3.63) is 71.4 Å². The van der Waals surface area contributed by atoms with Crippen LogP contribution in [0.15, 0.2) is 54.7 Å². The molecule has 1 saturated heterocycles. The van der Waals surface area contributed by atoms with Crippen molar-refractivity contribution >= 4 is 16.9 Å². The highest BCUT2D eigenvalue weighted by Crippen LogP contribution is 2.36. The lowest BCUT2D eigenvalue weighted by molar-refractivity contribution is -0.138. The topological polar surface area (TPSA) is 62.7 Å². The Balaban J connectivity index is 1.39. The molecule has 0 bridgehead atoms. The van der Waals surface area contributed by atoms with Gasteiger partial charge in [-0.25, -0.2) is 4.39 Å². The van der Waals surface area contributed by atoms with Gasteiger partial charge in [0.05, 0.1) is 24.7 Å². The Hall–Kier alpha value is -3.64. The number of carboxylic acids is 1. The standard InChI is InChI=1S/C31H32F4N2O3/c1-40-25-9-11-29-27(19-25)26(13-15-36-29)28(32)10-7-22-14-17-37(20-23(22)8-12-30(38)39)16-3-5-21-4-2-6-24(18-21)31(33,34)35/h2,4,6,9,11,13,15,18-19,22-23,28H,7-8,10,12,14,16-17,20H2,1H3,(H,38,39)/t22-,23-,28-/m1/s1. The van der Waals surface area contributed by atoms with Crippen LogP contribution >= 0.6 is 0 Å². The van der Waals surface area contributed by atoms with Gasteiger partial charge in [0.1, 0.15) is 11.9 Å². The van der Waals surface area contributed by atoms with E-state index in [2.05, 4.69) is 21.7 Å². The van der Waals surface area contributed by atoms with Crippen LogP contribution in [0.25, 0.3) is 10.9 Å². The number of hydrogen-bond donors (Lipinski definition) is 1. The number of likely N-dealkylation sites (tertiary alicyclic amines) is 1. The van der Waals surface area contributed by atoms with Gasteiger partial charge in [-0.15, -0.1) is 0 Å². The van der Waals surface area contributed by atoms with Crippen LogP contribution in [-0.2, 0) is 11.0 Å². The molecule has 4 rings (SSSR count). The molecule has 1 aliphatic heterocycles. The number of aliphatic carboxylic acids is 1. The number of carbonyl (C=O) groups is 1. The van der Waals surface area contributed by atoms with Crippen molar-refractivity contribution in [3.63, 3.8) is 0 Å². The van der Waals surface area contributed by atoms with Gasteiger partial charge >= 0.3 is 12.1 Å². The molecule has 212 valence electrons. The molecular formula is C31H32F4N2O3. The average Bonchev–Trinajstić information content (AvgIpc) is 2.94. The lowest BCUT2D eigenvalue weighted by atomic mass is 9.79. The Morgan fingerprint density at radius 3 is 2.75 bits per heavy atom. The van der Waals surface area contributed by atoms with Crippen LogP contribution in [0.3, 0.4) is 0 Å². The van der Waals surface area contributed by atoms with Crippen molar-refractivity contribution in [1.82, 2.24) is 9.88 Å². The highest BCUT2D eigenvalue weighted by atomic mass is 19.4. The first-order chi connectivity index (χ1) is 19.1. The zero-order valence-corrected chi connectivity index (χ0v) is 22.3. The molecule has 0 spiro atoms. The summed E-state index contributed by atoms with van der Waals surface area (Å²) >= 11 is 0. The minimum atomic E-state index is -4.42. The summed E-state index contributed by atoms with van der Waals surface area (Å²) in [7, 11) is 1.56. The molecule has 9 heteroatoms. The van der Waals surface area contributed by atoms with Gasteiger partial charge in [-0.1, -0.05) is 17.9 Å². The summed E-state index contributed by atoms with van der Waals surface area (Å²) < 4.78 is 59.7. The second kappa shape index (κ2) is 13.1. The largest absolute Gasteiger partial charge is 0.497 e. The fourth-order valence-electron chi connectivity index (χ4n) is 5.40. The third-order valence-corrected chi connectivity index (χ3v) is 7.54. The Bertz CT molecular complexity index is 1380. The van der Waals surface area contributed by atoms with Crippen molar-refractivity contribution in [2.45, 2.75) is 44.5 Å². The van der Waals surface area contributed by atoms with Crippen molar-refractivity contribution in [2.24, 2.45) is 11.8 Å². The third kappa shape index (κ3) is 7.72. The minimum Gasteiger partial charge on any atom is -0.497 e. The summed E-state index contributed by atoms with van der Waals surface area (Å²) in [6.45, 7) is 1.68. The molecular weight excluding hydrogens is 524 g/mol. The van der Waals surface area contributed by atoms with Crippen molar-refractivity contribution in [3.8, 4) is 17.6 Å². The van der Waals surface area contributed by atoms with Crippen LogP contribution in [0.2, 0.25) is 0 Å². The molecule has 1 N–H and O–H groups in total. The number of rotatable bonds is 9. The molecule has 0 radical (unpaired) electrons. The van der Waals surface area contributed by atoms with Gasteiger partial charge in [-0.3, -0.25) is 14.7 Å². The lowest BCUT2D eigenvalue weighted by Gasteiger charge is -2.38. The lowest BCUT2D eigenvalue weighted by Crippen LogP contribution is -2.41. The summed E-state index contributed by atoms with van der Waals surface area (Å²) in [5.41, 5.74) is 0.814. The summed E-state index contributed by atoms with van der Waals surface area (Å²) in [5, 5.41) is 9.98. The second-order valence-corrected chi connectivity index (χ2v) is 10.2. The predicted molar refractivity (Wildman–Crippen MR) is 145 cm³/mol. The van der Waals surface area contributed by atoms with Gasteiger partial charge < -0.3 is 9.84 Å². The van der Waals surface area contributed by atoms with E-state index in [-0.39, 0.29) is 18.3 Å². The molecule has 2 heterocycles. The molecule has 1 aliphatic rings. The number of hydrogen-bond acceptors (Lipinski definition) is 4. The number of piperidine rings is 1. The maximum Gasteiger partial charge on any atom is 0.416 e. The van der Waals surface area contributed by atoms with Gasteiger partial charge in [0, 0.05) is 30.1 Å². The molecule has 1 fully saturated rings. The molecule has 5 nitrogen and oxygen atoms in total. The Morgan fingerprint density at radius 2 is 2.00 bits per heavy atom. The summed E-state index contributed by atoms with van der Waals surface area (Å²) in [6, 6.07) is 12.0. The number of alkyl halides is 4. The highest BCUT2D eigenvalue weighted by molar-refractivity contribution is 5.83. The maximum atomic E-state index is 15.5. The van der Waals surface area contributed by atoms with Gasteiger partial charge in [0.2, 0.25) is 0 Å². The zero-order chi connectivity index (χ0) is 28.7. The minimum absolute atomic E-state index is 0.0265. The number of pyridine rings is 1. The average molecular weight is 557 g/mol. The number of aromatic nitrogens is 1. The van der Waals surface area contributed by atoms with Gasteiger partial charge in [-0.2, -0.15) is 13.2 Å². The van der Waals surface area contributed by atoms with E-state index in [1.807, 2.05) is 0 Å². The van der Waals surface area contributed by atoms with Crippen LogP contribution in [0.1, 0.15) is 55.0 Å². The maximum absolute atomic E-state index is 15.5. The first-order valence-electron chi connectivity index (χ1n) is 13.3. The van der Waals surface area contributed by atoms with Crippen molar-refractivity contribution in [2.75, 3.05) is 26.7 Å². The molecule has 1 aromatic heterocycles. The van der Waals surface area contributed by atoms with E-state index in [0.717, 1.165) is 18.6 Å². The highest BCUT2D eigenvalue weighted by Gasteiger charge is 2.31. The van der Waals surface area contributed by atoms with Gasteiger partial charge in [0.15, 0.2) is 0 Å². The first kappa shape index (κ1) is 29.3. The molecule has 0 aliphatic carbocycles. The SMILES string of the molecule is COc1ccc2nccc([C@H](F)CC[C@@H]3CCN(CC#Cc4cccc(C(F)(F)F)c4)C[C@H]3CCC(=O)O)c2c1. The normalized spacial score (nSPS) is 18.6. The van der Waals surface area contributed by atoms with Gasteiger partial charge in [-0.05, 0) is 92.1 Å². The quantitative estimate of drug-likeness (QED) is 0.229. The van der Waals surface area contributed by atoms with Crippen LogP contribution < -0.4 is 4.74 Å². The molecule has 0 unspecified atom stereocenters. The van der Waals surface area contributed by atoms with Crippen molar-refractivity contribution in [1.29, 1.82) is 0 Å². The Labute approximate surface area is 231 Å². The summed E-state index contributed by atoms with van der Waals surface area (Å²) in [6.07, 6.45) is -1.83. The second-order valence-electron chi connectivity index (χ2n) is 10.2. The first-order valence-corrected chi connectivity index (χ1v) is 13.3. The number of fused-ring (bicyclic) bond motifs is 1. The van der Waals surface area contributed by atoms with Crippen LogP contribution in [-0.4, -0.2) is 47.7 Å². The van der Waals surface area contributed by atoms with E-state index < -0.39 is 23.9 Å². The number of carboxylic acid groups (broad SMARTS) is 1. The molecule has 2 aromatic carbocycles. The number of nitrogens with zero attached hydrogens (tertiary/aromatic N) is 2. The Kier molecular flexibility index (Phi) is 9.64. The predicted octanol–water partition coefficient (Wildman–Crippen LogP) is 6.91. The van der Waals surface area contributed by atoms with Crippen LogP contribution in [0.5, 0.6) is 5.75 Å². The number of ether oxygens (including phenoxy) is 1. The fourth-order valence-corrected chi connectivity index (χ4v) is 5.40. The van der Waals surface area contributed by atoms with E-state index in [1.165, 1.54) is 6.07 Å². The summed E-state index contributed by atoms with van der Waals surface area (Å²) in [5.74, 6) is 5.75. The van der Waals surface area contributed by atoms with E-state index >= 15 is 4.39 Å². The molecule has 0 amide bonds. The molecule has 3 atom stereocenters. The van der Waals surface area contributed by atoms with E-state index in [9.17, 15) is 23.1 Å². The number of halogens is 4. The summed E-state index contributed by atoms with van der Waals surface area (Å²) in [4.78, 5) is 17.7. The van der Waals surface area contributed by atoms with Crippen LogP contribution in [0.4, 0.5) is 17.6 Å². The number of methoxy groups -OCH3 is 1. The molecule has 0 saturated carbocycles. The van der Waals surface area contributed by atoms with E-state index in [0.29, 0.717) is 66.7 Å². The Morgan fingerprint density at radius 1 is 1.18 bits per heavy atom. The van der Waals surface area contributed by atoms with Crippen molar-refractivity contribution < 1.29 is 32.2 Å². The van der Waals surface area contributed by atoms with E-state index in [4.69, 9.17) is 4.74 Å². The molecule has 3 aromatic rings. The fraction of sp³-hybridized carbons (Fsp3) is 0.419. The van der Waals surface area contributed by atoms with Gasteiger partial charge in [0.25, 0.3) is 0 Å². The molecule has 40 heavy (non-hydrogen) atoms.